The Morgan fingerprint density at radius 3 is 1.55 bits per heavy atom. The van der Waals surface area contributed by atoms with Gasteiger partial charge in [0.25, 0.3) is 5.91 Å². The van der Waals surface area contributed by atoms with Crippen molar-refractivity contribution in [3.63, 3.8) is 0 Å². The van der Waals surface area contributed by atoms with Crippen LogP contribution in [0.15, 0.2) is 36.4 Å². The fourth-order valence-corrected chi connectivity index (χ4v) is 7.86. The number of amides is 6. The summed E-state index contributed by atoms with van der Waals surface area (Å²) in [5, 5.41) is 72.0. The Kier molecular flexibility index (Phi) is 28.7. The number of benzene rings is 1. The molecule has 1 aliphatic rings. The first-order valence-corrected chi connectivity index (χ1v) is 25.4. The van der Waals surface area contributed by atoms with Crippen LogP contribution in [0.5, 0.6) is 11.8 Å². The zero-order chi connectivity index (χ0) is 57.6. The molecule has 1 aromatic carbocycles. The Morgan fingerprint density at radius 2 is 1.04 bits per heavy atom. The van der Waals surface area contributed by atoms with Crippen LogP contribution in [0.3, 0.4) is 0 Å². The summed E-state index contributed by atoms with van der Waals surface area (Å²) in [6.45, 7) is 2.78. The second kappa shape index (κ2) is 34.7. The molecular weight excluding hydrogens is 1030 g/mol. The van der Waals surface area contributed by atoms with Gasteiger partial charge in [0.05, 0.1) is 45.6 Å². The lowest BCUT2D eigenvalue weighted by atomic mass is 9.81. The number of hydrogen-bond donors (Lipinski definition) is 12. The summed E-state index contributed by atoms with van der Waals surface area (Å²) in [5.41, 5.74) is 1.32. The number of carboxylic acids is 4. The van der Waals surface area contributed by atoms with Crippen molar-refractivity contribution >= 4 is 65.3 Å². The molecule has 0 radical (unpaired) electrons. The third-order valence-corrected chi connectivity index (χ3v) is 12.1. The lowest BCUT2D eigenvalue weighted by Gasteiger charge is -2.26. The lowest BCUT2D eigenvalue weighted by molar-refractivity contribution is -0.152. The van der Waals surface area contributed by atoms with E-state index >= 15 is 0 Å². The molecule has 12 N–H and O–H groups in total. The molecule has 28 nitrogen and oxygen atoms in total. The predicted molar refractivity (Wildman–Crippen MR) is 268 cm³/mol. The minimum atomic E-state index is -1.73. The molecule has 1 aromatic heterocycles. The molecule has 4 atom stereocenters. The number of ether oxygens (including phenoxy) is 3. The summed E-state index contributed by atoms with van der Waals surface area (Å²) in [7, 11) is 0. The smallest absolute Gasteiger partial charge is 0.336 e. The maximum atomic E-state index is 13.6. The highest BCUT2D eigenvalue weighted by atomic mass is 16.7. The molecule has 0 aliphatic heterocycles. The first-order valence-electron chi connectivity index (χ1n) is 25.4. The number of carbonyl (C=O) groups excluding carboxylic acids is 7. The number of aliphatic carboxylic acids is 4. The Labute approximate surface area is 448 Å². The number of unbranched alkanes of at least 4 members (excludes halogenated alkanes) is 1. The second-order valence-corrected chi connectivity index (χ2v) is 18.2. The van der Waals surface area contributed by atoms with Crippen molar-refractivity contribution < 1.29 is 102 Å². The average Bonchev–Trinajstić information content (AvgIpc) is 3.72. The number of carbonyl (C=O) groups is 11. The van der Waals surface area contributed by atoms with E-state index in [4.69, 9.17) is 19.0 Å². The van der Waals surface area contributed by atoms with Gasteiger partial charge < -0.3 is 81.6 Å². The first-order chi connectivity index (χ1) is 37.1. The van der Waals surface area contributed by atoms with Crippen LogP contribution in [0.4, 0.5) is 0 Å². The van der Waals surface area contributed by atoms with E-state index in [1.807, 2.05) is 13.0 Å². The highest BCUT2D eigenvalue weighted by Crippen LogP contribution is 2.30. The van der Waals surface area contributed by atoms with Gasteiger partial charge in [0, 0.05) is 62.4 Å². The molecule has 0 saturated heterocycles. The Bertz CT molecular complexity index is 2330. The predicted octanol–water partition coefficient (Wildman–Crippen LogP) is -0.256. The number of rotatable bonds is 38. The third kappa shape index (κ3) is 24.9. The Balaban J connectivity index is 1.40. The van der Waals surface area contributed by atoms with Gasteiger partial charge in [-0.05, 0) is 83.3 Å². The molecule has 6 amide bonds. The number of aryl methyl sites for hydroxylation is 1. The second-order valence-electron chi connectivity index (χ2n) is 18.2. The quantitative estimate of drug-likeness (QED) is 0.0386. The van der Waals surface area contributed by atoms with Crippen molar-refractivity contribution in [1.82, 2.24) is 36.6 Å². The fourth-order valence-electron chi connectivity index (χ4n) is 7.86. The van der Waals surface area contributed by atoms with Gasteiger partial charge in [-0.2, -0.15) is 0 Å². The molecule has 4 unspecified atom stereocenters. The number of nitrogens with one attached hydrogen (secondary N) is 6. The van der Waals surface area contributed by atoms with E-state index in [1.54, 1.807) is 18.2 Å². The fraction of sp³-hybridized carbons (Fsp3) is 0.580. The van der Waals surface area contributed by atoms with E-state index < -0.39 is 134 Å². The van der Waals surface area contributed by atoms with Crippen molar-refractivity contribution in [3.05, 3.63) is 47.5 Å². The highest BCUT2D eigenvalue weighted by molar-refractivity contribution is 5.96. The maximum Gasteiger partial charge on any atom is 0.336 e. The molecule has 1 saturated carbocycles. The van der Waals surface area contributed by atoms with Crippen LogP contribution in [0, 0.1) is 18.8 Å². The summed E-state index contributed by atoms with van der Waals surface area (Å²) in [4.78, 5) is 143. The van der Waals surface area contributed by atoms with E-state index in [0.717, 1.165) is 5.56 Å². The minimum absolute atomic E-state index is 0.0442. The molecule has 0 bridgehead atoms. The van der Waals surface area contributed by atoms with Gasteiger partial charge in [0.2, 0.25) is 41.3 Å². The number of carboxylic acid groups (broad SMARTS) is 4. The van der Waals surface area contributed by atoms with E-state index in [1.165, 1.54) is 12.1 Å². The summed E-state index contributed by atoms with van der Waals surface area (Å²) >= 11 is 0. The first kappa shape index (κ1) is 64.4. The van der Waals surface area contributed by atoms with Crippen LogP contribution in [0.1, 0.15) is 106 Å². The molecule has 0 spiro atoms. The SMILES string of the molecule is Cc1cccc(C(=O)NCCCCC(NC(=O)C(CCC(=O)O)NC(=O)C(CCC(=O)O)NC(=O)C(CCC(=O)O)NC(=O)CCOCCOCCOCCNC(=O)C2CCC(C(=O)On3c(O)ccc3O)CC2)C(=O)O)c1. The molecule has 78 heavy (non-hydrogen) atoms. The van der Waals surface area contributed by atoms with Crippen LogP contribution in [-0.2, 0) is 62.2 Å². The summed E-state index contributed by atoms with van der Waals surface area (Å²) in [5.74, 6) is -12.5. The van der Waals surface area contributed by atoms with Gasteiger partial charge in [-0.3, -0.25) is 43.2 Å². The van der Waals surface area contributed by atoms with Gasteiger partial charge in [-0.1, -0.05) is 17.7 Å². The maximum absolute atomic E-state index is 13.6. The van der Waals surface area contributed by atoms with E-state index in [-0.39, 0.29) is 89.7 Å². The van der Waals surface area contributed by atoms with Gasteiger partial charge in [0.1, 0.15) is 24.2 Å². The number of aromatic hydroxyl groups is 2. The topological polar surface area (TPSA) is 423 Å². The summed E-state index contributed by atoms with van der Waals surface area (Å²) in [6.07, 6.45) is -1.86. The van der Waals surface area contributed by atoms with E-state index in [2.05, 4.69) is 31.9 Å². The summed E-state index contributed by atoms with van der Waals surface area (Å²) < 4.78 is 17.0. The average molecular weight is 1110 g/mol. The normalized spacial score (nSPS) is 15.5. The van der Waals surface area contributed by atoms with Crippen molar-refractivity contribution in [3.8, 4) is 11.8 Å². The number of hydrogen-bond acceptors (Lipinski definition) is 17. The summed E-state index contributed by atoms with van der Waals surface area (Å²) in [6, 6.07) is 2.73. The zero-order valence-corrected chi connectivity index (χ0v) is 43.2. The molecule has 432 valence electrons. The molecule has 3 rings (SSSR count). The number of nitrogens with zero attached hydrogens (tertiary/aromatic N) is 1. The number of aromatic nitrogens is 1. The standard InChI is InChI=1S/C50H71N7O21/c1-30-5-4-6-33(29-30)45(68)51-21-3-2-7-37(49(72)73)56-48(71)36(14-19-43(65)66)55-47(70)35(13-18-42(63)64)54-46(69)34(12-17-41(61)62)53-38(58)20-23-75-25-27-77-28-26-76-24-22-52-44(67)31-8-10-32(11-9-31)50(74)78-57-39(59)15-16-40(57)60/h4-6,15-16,29,31-32,34-37,59-60H,2-3,7-14,17-28H2,1H3,(H,51,68)(H,52,67)(H,53,58)(H,54,69)(H,55,70)(H,56,71)(H,61,62)(H,63,64)(H,65,66)(H,72,73). The van der Waals surface area contributed by atoms with Gasteiger partial charge in [-0.25, -0.2) is 9.59 Å². The Hall–Kier alpha value is -7.85. The van der Waals surface area contributed by atoms with Crippen molar-refractivity contribution in [2.45, 2.75) is 121 Å². The molecular formula is C50H71N7O21. The zero-order valence-electron chi connectivity index (χ0n) is 43.2. The van der Waals surface area contributed by atoms with Crippen LogP contribution < -0.4 is 36.7 Å². The molecule has 1 aliphatic carbocycles. The van der Waals surface area contributed by atoms with Gasteiger partial charge >= 0.3 is 29.8 Å². The van der Waals surface area contributed by atoms with Crippen LogP contribution >= 0.6 is 0 Å². The van der Waals surface area contributed by atoms with Crippen molar-refractivity contribution in [1.29, 1.82) is 0 Å². The van der Waals surface area contributed by atoms with Gasteiger partial charge in [0.15, 0.2) is 0 Å². The highest BCUT2D eigenvalue weighted by Gasteiger charge is 2.34. The monoisotopic (exact) mass is 1110 g/mol. The van der Waals surface area contributed by atoms with Crippen LogP contribution in [0.2, 0.25) is 0 Å². The molecule has 1 fully saturated rings. The molecule has 1 heterocycles. The lowest BCUT2D eigenvalue weighted by Crippen LogP contribution is -2.58. The van der Waals surface area contributed by atoms with Crippen molar-refractivity contribution in [2.24, 2.45) is 11.8 Å². The molecule has 2 aromatic rings. The molecule has 28 heteroatoms. The van der Waals surface area contributed by atoms with E-state index in [0.29, 0.717) is 42.4 Å². The third-order valence-electron chi connectivity index (χ3n) is 12.1. The van der Waals surface area contributed by atoms with Crippen LogP contribution in [-0.4, -0.2) is 178 Å². The van der Waals surface area contributed by atoms with Crippen LogP contribution in [0.25, 0.3) is 0 Å². The minimum Gasteiger partial charge on any atom is -0.492 e. The van der Waals surface area contributed by atoms with Gasteiger partial charge in [-0.15, -0.1) is 4.73 Å². The van der Waals surface area contributed by atoms with Crippen molar-refractivity contribution in [2.75, 3.05) is 52.7 Å². The van der Waals surface area contributed by atoms with E-state index in [9.17, 15) is 83.4 Å². The Morgan fingerprint density at radius 1 is 0.551 bits per heavy atom. The largest absolute Gasteiger partial charge is 0.492 e.